The van der Waals surface area contributed by atoms with Crippen molar-refractivity contribution < 1.29 is 28.2 Å². The minimum atomic E-state index is -0.575. The number of hydrogen-bond acceptors (Lipinski definition) is 6. The number of amides is 3. The zero-order valence-corrected chi connectivity index (χ0v) is 21.3. The van der Waals surface area contributed by atoms with E-state index in [1.54, 1.807) is 60.7 Å². The SMILES string of the molecule is CCOc1cc(/C=C2/SC(=O)N(CC(=O)Nc3ccccc3Cl)C2=O)ccc1OCc1cccc(F)c1. The lowest BCUT2D eigenvalue weighted by Crippen LogP contribution is -2.36. The van der Waals surface area contributed by atoms with Crippen molar-refractivity contribution in [3.8, 4) is 11.5 Å². The maximum Gasteiger partial charge on any atom is 0.294 e. The van der Waals surface area contributed by atoms with Crippen molar-refractivity contribution in [1.82, 2.24) is 4.90 Å². The van der Waals surface area contributed by atoms with Gasteiger partial charge in [0.15, 0.2) is 11.5 Å². The highest BCUT2D eigenvalue weighted by molar-refractivity contribution is 8.18. The van der Waals surface area contributed by atoms with Crippen molar-refractivity contribution in [3.05, 3.63) is 93.6 Å². The van der Waals surface area contributed by atoms with Crippen LogP contribution in [0.15, 0.2) is 71.6 Å². The van der Waals surface area contributed by atoms with Crippen molar-refractivity contribution in [2.24, 2.45) is 0 Å². The summed E-state index contributed by atoms with van der Waals surface area (Å²) in [7, 11) is 0. The fourth-order valence-corrected chi connectivity index (χ4v) is 4.49. The Hall–Kier alpha value is -3.82. The molecule has 0 spiro atoms. The third kappa shape index (κ3) is 6.69. The smallest absolute Gasteiger partial charge is 0.294 e. The Morgan fingerprint density at radius 1 is 1.05 bits per heavy atom. The third-order valence-corrected chi connectivity index (χ3v) is 6.41. The summed E-state index contributed by atoms with van der Waals surface area (Å²) in [6, 6.07) is 17.8. The summed E-state index contributed by atoms with van der Waals surface area (Å²) in [5.41, 5.74) is 1.66. The number of halogens is 2. The fraction of sp³-hybridized carbons (Fsp3) is 0.148. The van der Waals surface area contributed by atoms with Gasteiger partial charge in [-0.3, -0.25) is 19.3 Å². The highest BCUT2D eigenvalue weighted by atomic mass is 35.5. The van der Waals surface area contributed by atoms with E-state index in [1.165, 1.54) is 12.1 Å². The van der Waals surface area contributed by atoms with Crippen molar-refractivity contribution in [2.75, 3.05) is 18.5 Å². The minimum absolute atomic E-state index is 0.145. The van der Waals surface area contributed by atoms with Gasteiger partial charge in [0.05, 0.1) is 22.2 Å². The Kier molecular flexibility index (Phi) is 8.47. The molecular formula is C27H22ClFN2O5S. The number of carbonyl (C=O) groups is 3. The standard InChI is InChI=1S/C27H22ClFN2O5S/c1-2-35-23-13-17(10-11-22(23)36-16-18-6-5-7-19(29)12-18)14-24-26(33)31(27(34)37-24)15-25(32)30-21-9-4-3-8-20(21)28/h3-14H,2,15-16H2,1H3,(H,30,32)/b24-14+. The summed E-state index contributed by atoms with van der Waals surface area (Å²) in [4.78, 5) is 38.8. The second-order valence-corrected chi connectivity index (χ2v) is 9.25. The van der Waals surface area contributed by atoms with Crippen molar-refractivity contribution in [3.63, 3.8) is 0 Å². The third-order valence-electron chi connectivity index (χ3n) is 5.17. The second-order valence-electron chi connectivity index (χ2n) is 7.85. The van der Waals surface area contributed by atoms with Crippen LogP contribution in [-0.4, -0.2) is 35.1 Å². The van der Waals surface area contributed by atoms with Gasteiger partial charge in [-0.1, -0.05) is 41.9 Å². The number of rotatable bonds is 9. The Labute approximate surface area is 222 Å². The number of anilines is 1. The van der Waals surface area contributed by atoms with Crippen LogP contribution in [0.25, 0.3) is 6.08 Å². The zero-order chi connectivity index (χ0) is 26.4. The highest BCUT2D eigenvalue weighted by Crippen LogP contribution is 2.35. The van der Waals surface area contributed by atoms with Crippen LogP contribution in [0.1, 0.15) is 18.1 Å². The quantitative estimate of drug-likeness (QED) is 0.329. The lowest BCUT2D eigenvalue weighted by molar-refractivity contribution is -0.127. The van der Waals surface area contributed by atoms with E-state index < -0.39 is 23.6 Å². The molecule has 37 heavy (non-hydrogen) atoms. The molecule has 0 bridgehead atoms. The van der Waals surface area contributed by atoms with Crippen LogP contribution in [0.3, 0.4) is 0 Å². The number of carbonyl (C=O) groups excluding carboxylic acids is 3. The molecule has 1 aliphatic heterocycles. The van der Waals surface area contributed by atoms with Crippen molar-refractivity contribution in [1.29, 1.82) is 0 Å². The van der Waals surface area contributed by atoms with Gasteiger partial charge in [-0.15, -0.1) is 0 Å². The Morgan fingerprint density at radius 3 is 2.62 bits per heavy atom. The van der Waals surface area contributed by atoms with Gasteiger partial charge < -0.3 is 14.8 Å². The number of nitrogens with one attached hydrogen (secondary N) is 1. The predicted octanol–water partition coefficient (Wildman–Crippen LogP) is 6.13. The average molecular weight is 541 g/mol. The van der Waals surface area contributed by atoms with Crippen LogP contribution in [0.2, 0.25) is 5.02 Å². The lowest BCUT2D eigenvalue weighted by atomic mass is 10.1. The molecule has 0 atom stereocenters. The first-order chi connectivity index (χ1) is 17.8. The maximum absolute atomic E-state index is 13.4. The molecule has 0 unspecified atom stereocenters. The van der Waals surface area contributed by atoms with Crippen LogP contribution in [0, 0.1) is 5.82 Å². The number of ether oxygens (including phenoxy) is 2. The van der Waals surface area contributed by atoms with Gasteiger partial charge in [0.1, 0.15) is 19.0 Å². The second kappa shape index (κ2) is 11.9. The van der Waals surface area contributed by atoms with Gasteiger partial charge in [-0.25, -0.2) is 4.39 Å². The number of benzene rings is 3. The van der Waals surface area contributed by atoms with Crippen LogP contribution >= 0.6 is 23.4 Å². The maximum atomic E-state index is 13.4. The van der Waals surface area contributed by atoms with Crippen LogP contribution in [0.5, 0.6) is 11.5 Å². The van der Waals surface area contributed by atoms with Crippen molar-refractivity contribution in [2.45, 2.75) is 13.5 Å². The van der Waals surface area contributed by atoms with Gasteiger partial charge in [0.2, 0.25) is 5.91 Å². The predicted molar refractivity (Wildman–Crippen MR) is 141 cm³/mol. The number of hydrogen-bond donors (Lipinski definition) is 1. The number of nitrogens with zero attached hydrogens (tertiary/aromatic N) is 1. The molecule has 3 aromatic carbocycles. The van der Waals surface area contributed by atoms with E-state index in [9.17, 15) is 18.8 Å². The van der Waals surface area contributed by atoms with Gasteiger partial charge >= 0.3 is 0 Å². The van der Waals surface area contributed by atoms with E-state index in [0.717, 1.165) is 16.7 Å². The highest BCUT2D eigenvalue weighted by Gasteiger charge is 2.36. The molecule has 3 amide bonds. The molecule has 7 nitrogen and oxygen atoms in total. The van der Waals surface area contributed by atoms with E-state index in [4.69, 9.17) is 21.1 Å². The molecule has 1 N–H and O–H groups in total. The molecule has 1 heterocycles. The molecule has 1 saturated heterocycles. The van der Waals surface area contributed by atoms with E-state index in [0.29, 0.717) is 39.9 Å². The first-order valence-corrected chi connectivity index (χ1v) is 12.5. The molecule has 1 fully saturated rings. The van der Waals surface area contributed by atoms with Crippen LogP contribution in [-0.2, 0) is 16.2 Å². The summed E-state index contributed by atoms with van der Waals surface area (Å²) >= 11 is 6.79. The number of thioether (sulfide) groups is 1. The molecule has 3 aromatic rings. The van der Waals surface area contributed by atoms with Gasteiger partial charge in [0.25, 0.3) is 11.1 Å². The summed E-state index contributed by atoms with van der Waals surface area (Å²) in [5.74, 6) is -0.584. The van der Waals surface area contributed by atoms with Crippen LogP contribution < -0.4 is 14.8 Å². The number of para-hydroxylation sites is 1. The molecule has 10 heteroatoms. The summed E-state index contributed by atoms with van der Waals surface area (Å²) in [6.07, 6.45) is 1.55. The Bertz CT molecular complexity index is 1380. The summed E-state index contributed by atoms with van der Waals surface area (Å²) in [6.45, 7) is 1.90. The Balaban J connectivity index is 1.45. The lowest BCUT2D eigenvalue weighted by Gasteiger charge is -2.13. The monoisotopic (exact) mass is 540 g/mol. The topological polar surface area (TPSA) is 84.9 Å². The molecular weight excluding hydrogens is 519 g/mol. The van der Waals surface area contributed by atoms with Gasteiger partial charge in [0, 0.05) is 0 Å². The Morgan fingerprint density at radius 2 is 1.86 bits per heavy atom. The van der Waals surface area contributed by atoms with Gasteiger partial charge in [-0.2, -0.15) is 0 Å². The average Bonchev–Trinajstić information content (AvgIpc) is 3.12. The zero-order valence-electron chi connectivity index (χ0n) is 19.7. The molecule has 0 aliphatic carbocycles. The largest absolute Gasteiger partial charge is 0.490 e. The van der Waals surface area contributed by atoms with Gasteiger partial charge in [-0.05, 0) is 72.3 Å². The molecule has 190 valence electrons. The molecule has 0 saturated carbocycles. The van der Waals surface area contributed by atoms with E-state index in [1.807, 2.05) is 6.92 Å². The van der Waals surface area contributed by atoms with E-state index in [2.05, 4.69) is 5.32 Å². The molecule has 1 aliphatic rings. The summed E-state index contributed by atoms with van der Waals surface area (Å²) in [5, 5.41) is 2.40. The normalized spacial score (nSPS) is 14.2. The van der Waals surface area contributed by atoms with Crippen molar-refractivity contribution >= 4 is 52.2 Å². The molecule has 4 rings (SSSR count). The minimum Gasteiger partial charge on any atom is -0.490 e. The van der Waals surface area contributed by atoms with Crippen LogP contribution in [0.4, 0.5) is 14.9 Å². The molecule has 0 radical (unpaired) electrons. The first-order valence-electron chi connectivity index (χ1n) is 11.3. The first kappa shape index (κ1) is 26.2. The summed E-state index contributed by atoms with van der Waals surface area (Å²) < 4.78 is 24.9. The number of imide groups is 1. The molecule has 0 aromatic heterocycles. The fourth-order valence-electron chi connectivity index (χ4n) is 3.47. The van der Waals surface area contributed by atoms with E-state index >= 15 is 0 Å². The van der Waals surface area contributed by atoms with E-state index in [-0.39, 0.29) is 17.3 Å².